The van der Waals surface area contributed by atoms with Gasteiger partial charge in [0.2, 0.25) is 6.79 Å². The van der Waals surface area contributed by atoms with E-state index in [2.05, 4.69) is 13.5 Å². The molecule has 2 aliphatic heterocycles. The van der Waals surface area contributed by atoms with Crippen LogP contribution in [-0.2, 0) is 14.3 Å². The molecule has 1 fully saturated rings. The maximum Gasteiger partial charge on any atom is 0.231 e. The lowest BCUT2D eigenvalue weighted by atomic mass is 9.78. The van der Waals surface area contributed by atoms with Gasteiger partial charge in [-0.15, -0.1) is 6.58 Å². The molecule has 3 atom stereocenters. The molecule has 1 aromatic carbocycles. The zero-order chi connectivity index (χ0) is 17.6. The summed E-state index contributed by atoms with van der Waals surface area (Å²) < 4.78 is 22.9. The van der Waals surface area contributed by atoms with Crippen LogP contribution >= 0.6 is 0 Å². The molecule has 0 bridgehead atoms. The predicted molar refractivity (Wildman–Crippen MR) is 91.3 cm³/mol. The van der Waals surface area contributed by atoms with E-state index in [1.165, 1.54) is 0 Å². The molecule has 25 heavy (non-hydrogen) atoms. The molecule has 0 radical (unpaired) electrons. The predicted octanol–water partition coefficient (Wildman–Crippen LogP) is 3.48. The summed E-state index contributed by atoms with van der Waals surface area (Å²) in [5.41, 5.74) is 0.907. The van der Waals surface area contributed by atoms with Crippen molar-refractivity contribution >= 4 is 5.78 Å². The van der Waals surface area contributed by atoms with E-state index in [9.17, 15) is 4.79 Å². The minimum atomic E-state index is -0.743. The number of benzene rings is 1. The zero-order valence-electron chi connectivity index (χ0n) is 14.3. The Labute approximate surface area is 146 Å². The first-order chi connectivity index (χ1) is 12.1. The largest absolute Gasteiger partial charge is 0.486 e. The van der Waals surface area contributed by atoms with E-state index in [-0.39, 0.29) is 24.6 Å². The summed E-state index contributed by atoms with van der Waals surface area (Å²) >= 11 is 0. The van der Waals surface area contributed by atoms with Crippen LogP contribution in [0.2, 0.25) is 0 Å². The third kappa shape index (κ3) is 2.30. The van der Waals surface area contributed by atoms with Crippen LogP contribution in [0, 0.1) is 5.92 Å². The highest BCUT2D eigenvalue weighted by molar-refractivity contribution is 6.06. The molecule has 0 amide bonds. The number of rotatable bonds is 4. The minimum absolute atomic E-state index is 0.0166. The molecule has 0 aromatic heterocycles. The van der Waals surface area contributed by atoms with Crippen molar-refractivity contribution in [2.75, 3.05) is 13.9 Å². The number of allylic oxidation sites excluding steroid dienone is 3. The van der Waals surface area contributed by atoms with E-state index < -0.39 is 5.60 Å². The highest BCUT2D eigenvalue weighted by Crippen LogP contribution is 2.52. The van der Waals surface area contributed by atoms with Gasteiger partial charge in [0.25, 0.3) is 0 Å². The fourth-order valence-corrected chi connectivity index (χ4v) is 3.78. The second kappa shape index (κ2) is 5.77. The molecule has 0 spiro atoms. The number of carbonyl (C=O) groups excluding carboxylic acids is 1. The van der Waals surface area contributed by atoms with E-state index in [4.69, 9.17) is 18.9 Å². The highest BCUT2D eigenvalue weighted by Gasteiger charge is 2.53. The van der Waals surface area contributed by atoms with Gasteiger partial charge in [0.1, 0.15) is 17.5 Å². The fourth-order valence-electron chi connectivity index (χ4n) is 3.78. The summed E-state index contributed by atoms with van der Waals surface area (Å²) in [5, 5.41) is 0. The number of ether oxygens (including phenoxy) is 4. The number of ketones is 1. The van der Waals surface area contributed by atoms with Crippen LogP contribution in [0.15, 0.2) is 54.3 Å². The second-order valence-electron chi connectivity index (χ2n) is 6.47. The van der Waals surface area contributed by atoms with Crippen LogP contribution in [-0.4, -0.2) is 25.3 Å². The van der Waals surface area contributed by atoms with E-state index in [0.29, 0.717) is 23.5 Å². The first-order valence-corrected chi connectivity index (χ1v) is 8.29. The fraction of sp³-hybridized carbons (Fsp3) is 0.350. The van der Waals surface area contributed by atoms with Crippen LogP contribution in [0.5, 0.6) is 11.5 Å². The van der Waals surface area contributed by atoms with Crippen LogP contribution in [0.3, 0.4) is 0 Å². The van der Waals surface area contributed by atoms with Gasteiger partial charge in [-0.3, -0.25) is 4.79 Å². The first kappa shape index (κ1) is 16.0. The molecule has 0 unspecified atom stereocenters. The minimum Gasteiger partial charge on any atom is -0.486 e. The molecule has 3 aliphatic rings. The average molecular weight is 340 g/mol. The van der Waals surface area contributed by atoms with Crippen molar-refractivity contribution in [3.05, 3.63) is 59.9 Å². The van der Waals surface area contributed by atoms with E-state index in [1.54, 1.807) is 19.3 Å². The van der Waals surface area contributed by atoms with Crippen LogP contribution in [0.25, 0.3) is 0 Å². The summed E-state index contributed by atoms with van der Waals surface area (Å²) in [6.45, 7) is 6.02. The SMILES string of the molecule is C=CCC1=C[C@@]2(OC)C(=CC1=O)O[C@H](c1ccc3c(c1)OCO3)[C@@H]2C. The Balaban J connectivity index is 1.74. The second-order valence-corrected chi connectivity index (χ2v) is 6.47. The van der Waals surface area contributed by atoms with Gasteiger partial charge < -0.3 is 18.9 Å². The Kier molecular flexibility index (Phi) is 3.69. The van der Waals surface area contributed by atoms with Crippen LogP contribution in [0.1, 0.15) is 25.0 Å². The maximum absolute atomic E-state index is 12.3. The Morgan fingerprint density at radius 2 is 2.16 bits per heavy atom. The Morgan fingerprint density at radius 3 is 2.92 bits per heavy atom. The smallest absolute Gasteiger partial charge is 0.231 e. The molecule has 5 nitrogen and oxygen atoms in total. The summed E-state index contributed by atoms with van der Waals surface area (Å²) in [5.74, 6) is 1.93. The average Bonchev–Trinajstić information content (AvgIpc) is 3.18. The molecule has 2 heterocycles. The van der Waals surface area contributed by atoms with Gasteiger partial charge in [-0.1, -0.05) is 19.1 Å². The van der Waals surface area contributed by atoms with Gasteiger partial charge >= 0.3 is 0 Å². The van der Waals surface area contributed by atoms with Crippen LogP contribution in [0.4, 0.5) is 0 Å². The zero-order valence-corrected chi connectivity index (χ0v) is 14.3. The quantitative estimate of drug-likeness (QED) is 0.786. The summed E-state index contributed by atoms with van der Waals surface area (Å²) in [6.07, 6.45) is 5.43. The number of hydrogen-bond donors (Lipinski definition) is 0. The lowest BCUT2D eigenvalue weighted by Gasteiger charge is -2.31. The molecule has 5 heteroatoms. The van der Waals surface area contributed by atoms with Crippen molar-refractivity contribution in [2.24, 2.45) is 5.92 Å². The Hall–Kier alpha value is -2.53. The molecule has 1 aromatic rings. The van der Waals surface area contributed by atoms with Crippen molar-refractivity contribution in [3.63, 3.8) is 0 Å². The topological polar surface area (TPSA) is 54.0 Å². The van der Waals surface area contributed by atoms with Crippen molar-refractivity contribution in [3.8, 4) is 11.5 Å². The normalized spacial score (nSPS) is 29.6. The molecule has 0 N–H and O–H groups in total. The lowest BCUT2D eigenvalue weighted by Crippen LogP contribution is -2.38. The Bertz CT molecular complexity index is 806. The Morgan fingerprint density at radius 1 is 1.36 bits per heavy atom. The highest BCUT2D eigenvalue weighted by atomic mass is 16.7. The standard InChI is InChI=1S/C20H20O5/c1-4-5-14-10-20(22-3)12(2)19(25-18(20)9-15(14)21)13-6-7-16-17(8-13)24-11-23-16/h4,6-10,12,19H,1,5,11H2,2-3H3/t12-,19-,20-/m0/s1. The van der Waals surface area contributed by atoms with Crippen molar-refractivity contribution in [2.45, 2.75) is 25.0 Å². The monoisotopic (exact) mass is 340 g/mol. The van der Waals surface area contributed by atoms with Crippen molar-refractivity contribution in [1.82, 2.24) is 0 Å². The summed E-state index contributed by atoms with van der Waals surface area (Å²) in [4.78, 5) is 12.3. The third-order valence-corrected chi connectivity index (χ3v) is 5.16. The molecule has 1 saturated heterocycles. The summed E-state index contributed by atoms with van der Waals surface area (Å²) in [7, 11) is 1.65. The molecule has 0 saturated carbocycles. The van der Waals surface area contributed by atoms with E-state index in [1.807, 2.05) is 24.3 Å². The number of methoxy groups -OCH3 is 1. The molecule has 1 aliphatic carbocycles. The lowest BCUT2D eigenvalue weighted by molar-refractivity contribution is -0.112. The number of fused-ring (bicyclic) bond motifs is 2. The van der Waals surface area contributed by atoms with E-state index in [0.717, 1.165) is 11.3 Å². The molecular formula is C20H20O5. The van der Waals surface area contributed by atoms with Gasteiger partial charge in [-0.25, -0.2) is 0 Å². The van der Waals surface area contributed by atoms with Crippen molar-refractivity contribution in [1.29, 1.82) is 0 Å². The maximum atomic E-state index is 12.3. The van der Waals surface area contributed by atoms with Crippen LogP contribution < -0.4 is 9.47 Å². The van der Waals surface area contributed by atoms with Gasteiger partial charge in [0, 0.05) is 24.7 Å². The van der Waals surface area contributed by atoms with Gasteiger partial charge in [-0.05, 0) is 30.2 Å². The van der Waals surface area contributed by atoms with Gasteiger partial charge in [0.05, 0.1) is 0 Å². The number of hydrogen-bond acceptors (Lipinski definition) is 5. The van der Waals surface area contributed by atoms with E-state index >= 15 is 0 Å². The summed E-state index contributed by atoms with van der Waals surface area (Å²) in [6, 6.07) is 5.78. The number of carbonyl (C=O) groups is 1. The van der Waals surface area contributed by atoms with Gasteiger partial charge in [0.15, 0.2) is 17.3 Å². The molecular weight excluding hydrogens is 320 g/mol. The first-order valence-electron chi connectivity index (χ1n) is 8.29. The van der Waals surface area contributed by atoms with Crippen molar-refractivity contribution < 1.29 is 23.7 Å². The van der Waals surface area contributed by atoms with Gasteiger partial charge in [-0.2, -0.15) is 0 Å². The molecule has 4 rings (SSSR count). The third-order valence-electron chi connectivity index (χ3n) is 5.16. The molecule has 130 valence electrons.